The number of carboxylic acid groups (broad SMARTS) is 1. The molecule has 66 valence electrons. The zero-order valence-corrected chi connectivity index (χ0v) is 6.74. The summed E-state index contributed by atoms with van der Waals surface area (Å²) in [5, 5.41) is 8.12. The van der Waals surface area contributed by atoms with Gasteiger partial charge in [-0.15, -0.1) is 0 Å². The number of Topliss-reactive ketones (excluding diaryl/α,β-unsaturated/α-hetero) is 1. The van der Waals surface area contributed by atoms with Crippen LogP contribution in [0.1, 0.15) is 19.8 Å². The molecule has 0 aromatic rings. The molecule has 12 heavy (non-hydrogen) atoms. The SMILES string of the molecule is CCCC(=O)C(=O)C=CC(=O)O. The summed E-state index contributed by atoms with van der Waals surface area (Å²) in [4.78, 5) is 31.4. The maximum atomic E-state index is 10.8. The zero-order chi connectivity index (χ0) is 9.56. The molecule has 0 saturated heterocycles. The van der Waals surface area contributed by atoms with Gasteiger partial charge in [0.15, 0.2) is 0 Å². The highest BCUT2D eigenvalue weighted by Gasteiger charge is 2.08. The first-order valence-corrected chi connectivity index (χ1v) is 3.56. The van der Waals surface area contributed by atoms with Crippen molar-refractivity contribution in [1.82, 2.24) is 0 Å². The van der Waals surface area contributed by atoms with Crippen LogP contribution in [-0.2, 0) is 14.4 Å². The molecule has 0 rings (SSSR count). The van der Waals surface area contributed by atoms with E-state index in [-0.39, 0.29) is 6.42 Å². The van der Waals surface area contributed by atoms with Crippen molar-refractivity contribution in [3.05, 3.63) is 12.2 Å². The van der Waals surface area contributed by atoms with Gasteiger partial charge in [-0.3, -0.25) is 9.59 Å². The number of carbonyl (C=O) groups is 3. The van der Waals surface area contributed by atoms with Crippen LogP contribution in [0.3, 0.4) is 0 Å². The molecule has 0 aliphatic carbocycles. The fourth-order valence-electron chi connectivity index (χ4n) is 0.590. The predicted octanol–water partition coefficient (Wildman–Crippen LogP) is 0.565. The van der Waals surface area contributed by atoms with E-state index in [1.807, 2.05) is 0 Å². The lowest BCUT2D eigenvalue weighted by Crippen LogP contribution is -2.10. The minimum atomic E-state index is -1.23. The summed E-state index contributed by atoms with van der Waals surface area (Å²) < 4.78 is 0. The van der Waals surface area contributed by atoms with Crippen LogP contribution >= 0.6 is 0 Å². The molecule has 0 unspecified atom stereocenters. The number of aliphatic carboxylic acids is 1. The lowest BCUT2D eigenvalue weighted by molar-refractivity contribution is -0.134. The zero-order valence-electron chi connectivity index (χ0n) is 6.74. The van der Waals surface area contributed by atoms with Crippen molar-refractivity contribution in [3.63, 3.8) is 0 Å². The Kier molecular flexibility index (Phi) is 4.60. The van der Waals surface area contributed by atoms with Crippen LogP contribution in [0.5, 0.6) is 0 Å². The third kappa shape index (κ3) is 4.38. The van der Waals surface area contributed by atoms with Crippen LogP contribution in [0.2, 0.25) is 0 Å². The van der Waals surface area contributed by atoms with Gasteiger partial charge in [0, 0.05) is 12.5 Å². The van der Waals surface area contributed by atoms with E-state index in [9.17, 15) is 14.4 Å². The summed E-state index contributed by atoms with van der Waals surface area (Å²) in [6.45, 7) is 1.77. The number of rotatable bonds is 5. The Balaban J connectivity index is 4.04. The van der Waals surface area contributed by atoms with Gasteiger partial charge in [-0.1, -0.05) is 6.92 Å². The third-order valence-corrected chi connectivity index (χ3v) is 1.13. The molecule has 0 spiro atoms. The topological polar surface area (TPSA) is 71.4 Å². The normalized spacial score (nSPS) is 10.1. The van der Waals surface area contributed by atoms with Crippen molar-refractivity contribution in [3.8, 4) is 0 Å². The average molecular weight is 170 g/mol. The smallest absolute Gasteiger partial charge is 0.328 e. The molecule has 4 nitrogen and oxygen atoms in total. The number of carboxylic acids is 1. The Bertz CT molecular complexity index is 227. The standard InChI is InChI=1S/C8H10O4/c1-2-3-6(9)7(10)4-5-8(11)12/h4-5H,2-3H2,1H3,(H,11,12). The summed E-state index contributed by atoms with van der Waals surface area (Å²) in [6.07, 6.45) is 2.20. The molecule has 0 aromatic carbocycles. The van der Waals surface area contributed by atoms with E-state index >= 15 is 0 Å². The van der Waals surface area contributed by atoms with Gasteiger partial charge in [0.2, 0.25) is 11.6 Å². The summed E-state index contributed by atoms with van der Waals surface area (Å²) in [7, 11) is 0. The summed E-state index contributed by atoms with van der Waals surface area (Å²) in [6, 6.07) is 0. The van der Waals surface area contributed by atoms with Gasteiger partial charge >= 0.3 is 5.97 Å². The highest BCUT2D eigenvalue weighted by atomic mass is 16.4. The molecule has 0 saturated carbocycles. The number of hydrogen-bond donors (Lipinski definition) is 1. The Morgan fingerprint density at radius 1 is 1.25 bits per heavy atom. The Hall–Kier alpha value is -1.45. The molecule has 0 amide bonds. The largest absolute Gasteiger partial charge is 0.478 e. The Labute approximate surface area is 69.9 Å². The molecule has 0 aliphatic rings. The van der Waals surface area contributed by atoms with Gasteiger partial charge in [0.1, 0.15) is 0 Å². The van der Waals surface area contributed by atoms with Crippen molar-refractivity contribution < 1.29 is 19.5 Å². The van der Waals surface area contributed by atoms with Gasteiger partial charge in [0.05, 0.1) is 0 Å². The van der Waals surface area contributed by atoms with Gasteiger partial charge in [0.25, 0.3) is 0 Å². The van der Waals surface area contributed by atoms with Crippen LogP contribution in [0.25, 0.3) is 0 Å². The Morgan fingerprint density at radius 3 is 2.25 bits per heavy atom. The first-order valence-electron chi connectivity index (χ1n) is 3.56. The second kappa shape index (κ2) is 5.23. The van der Waals surface area contributed by atoms with E-state index < -0.39 is 17.5 Å². The van der Waals surface area contributed by atoms with Crippen LogP contribution in [0, 0.1) is 0 Å². The summed E-state index contributed by atoms with van der Waals surface area (Å²) >= 11 is 0. The van der Waals surface area contributed by atoms with Crippen molar-refractivity contribution in [2.24, 2.45) is 0 Å². The molecule has 0 aromatic heterocycles. The fraction of sp³-hybridized carbons (Fsp3) is 0.375. The Morgan fingerprint density at radius 2 is 1.83 bits per heavy atom. The number of ketones is 2. The van der Waals surface area contributed by atoms with E-state index in [1.54, 1.807) is 6.92 Å². The van der Waals surface area contributed by atoms with E-state index in [0.29, 0.717) is 12.5 Å². The van der Waals surface area contributed by atoms with Crippen LogP contribution in [0.15, 0.2) is 12.2 Å². The summed E-state index contributed by atoms with van der Waals surface area (Å²) in [5.41, 5.74) is 0. The van der Waals surface area contributed by atoms with Crippen molar-refractivity contribution in [2.45, 2.75) is 19.8 Å². The molecule has 0 aliphatic heterocycles. The fourth-order valence-corrected chi connectivity index (χ4v) is 0.590. The first-order chi connectivity index (χ1) is 5.57. The van der Waals surface area contributed by atoms with Gasteiger partial charge < -0.3 is 5.11 Å². The average Bonchev–Trinajstić information content (AvgIpc) is 2.00. The van der Waals surface area contributed by atoms with Crippen LogP contribution < -0.4 is 0 Å². The van der Waals surface area contributed by atoms with Gasteiger partial charge in [-0.25, -0.2) is 4.79 Å². The number of hydrogen-bond acceptors (Lipinski definition) is 3. The second-order valence-corrected chi connectivity index (χ2v) is 2.21. The molecule has 0 atom stereocenters. The summed E-state index contributed by atoms with van der Waals surface area (Å²) in [5.74, 6) is -2.53. The van der Waals surface area contributed by atoms with E-state index in [2.05, 4.69) is 0 Å². The molecule has 0 heterocycles. The monoisotopic (exact) mass is 170 g/mol. The van der Waals surface area contributed by atoms with Crippen LogP contribution in [0.4, 0.5) is 0 Å². The van der Waals surface area contributed by atoms with E-state index in [0.717, 1.165) is 6.08 Å². The first kappa shape index (κ1) is 10.6. The number of carbonyl (C=O) groups excluding carboxylic acids is 2. The van der Waals surface area contributed by atoms with Gasteiger partial charge in [-0.2, -0.15) is 0 Å². The molecule has 0 bridgehead atoms. The van der Waals surface area contributed by atoms with Gasteiger partial charge in [-0.05, 0) is 12.5 Å². The quantitative estimate of drug-likeness (QED) is 0.483. The second-order valence-electron chi connectivity index (χ2n) is 2.21. The molecule has 0 fully saturated rings. The lowest BCUT2D eigenvalue weighted by atomic mass is 10.1. The lowest BCUT2D eigenvalue weighted by Gasteiger charge is -1.89. The highest BCUT2D eigenvalue weighted by molar-refractivity contribution is 6.41. The molecule has 0 radical (unpaired) electrons. The van der Waals surface area contributed by atoms with Crippen molar-refractivity contribution in [1.29, 1.82) is 0 Å². The van der Waals surface area contributed by atoms with Crippen LogP contribution in [-0.4, -0.2) is 22.6 Å². The molecular formula is C8H10O4. The van der Waals surface area contributed by atoms with E-state index in [4.69, 9.17) is 5.11 Å². The molecule has 1 N–H and O–H groups in total. The maximum Gasteiger partial charge on any atom is 0.328 e. The minimum Gasteiger partial charge on any atom is -0.478 e. The maximum absolute atomic E-state index is 10.8. The predicted molar refractivity (Wildman–Crippen MR) is 41.7 cm³/mol. The number of allylic oxidation sites excluding steroid dienone is 1. The minimum absolute atomic E-state index is 0.169. The van der Waals surface area contributed by atoms with E-state index in [1.165, 1.54) is 0 Å². The van der Waals surface area contributed by atoms with Crippen molar-refractivity contribution >= 4 is 17.5 Å². The molecule has 4 heteroatoms. The third-order valence-electron chi connectivity index (χ3n) is 1.13. The van der Waals surface area contributed by atoms with Crippen molar-refractivity contribution in [2.75, 3.05) is 0 Å². The molecular weight excluding hydrogens is 160 g/mol. The highest BCUT2D eigenvalue weighted by Crippen LogP contribution is 1.91.